The van der Waals surface area contributed by atoms with Crippen LogP contribution in [0.5, 0.6) is 5.75 Å². The first-order chi connectivity index (χ1) is 14.2. The first-order valence-corrected chi connectivity index (χ1v) is 11.2. The topological polar surface area (TPSA) is 39.5 Å². The van der Waals surface area contributed by atoms with Gasteiger partial charge in [-0.15, -0.1) is 0 Å². The number of ether oxygens (including phenoxy) is 2. The van der Waals surface area contributed by atoms with Crippen LogP contribution in [0.25, 0.3) is 11.3 Å². The summed E-state index contributed by atoms with van der Waals surface area (Å²) >= 11 is 0. The van der Waals surface area contributed by atoms with Crippen molar-refractivity contribution in [2.45, 2.75) is 72.8 Å². The number of rotatable bonds is 8. The molecule has 0 saturated carbocycles. The summed E-state index contributed by atoms with van der Waals surface area (Å²) < 4.78 is 13.8. The van der Waals surface area contributed by atoms with Gasteiger partial charge in [-0.1, -0.05) is 20.8 Å². The number of benzene rings is 1. The Morgan fingerprint density at radius 1 is 1.23 bits per heavy atom. The van der Waals surface area contributed by atoms with E-state index in [1.54, 1.807) is 0 Å². The van der Waals surface area contributed by atoms with Crippen molar-refractivity contribution < 1.29 is 9.47 Å². The Morgan fingerprint density at radius 3 is 2.57 bits per heavy atom. The zero-order valence-electron chi connectivity index (χ0n) is 19.5. The predicted octanol–water partition coefficient (Wildman–Crippen LogP) is 5.72. The van der Waals surface area contributed by atoms with Gasteiger partial charge in [-0.2, -0.15) is 5.10 Å². The van der Waals surface area contributed by atoms with Crippen LogP contribution in [0.3, 0.4) is 0 Å². The van der Waals surface area contributed by atoms with Gasteiger partial charge < -0.3 is 14.4 Å². The third kappa shape index (κ3) is 6.58. The Balaban J connectivity index is 1.82. The molecule has 1 saturated heterocycles. The molecule has 3 rings (SSSR count). The van der Waals surface area contributed by atoms with Crippen LogP contribution in [0.15, 0.2) is 30.5 Å². The number of hydrogen-bond donors (Lipinski definition) is 0. The van der Waals surface area contributed by atoms with Gasteiger partial charge in [0.1, 0.15) is 12.0 Å². The van der Waals surface area contributed by atoms with Gasteiger partial charge in [0.15, 0.2) is 0 Å². The highest BCUT2D eigenvalue weighted by molar-refractivity contribution is 5.63. The Hall–Kier alpha value is -1.85. The van der Waals surface area contributed by atoms with E-state index in [1.165, 1.54) is 12.0 Å². The summed E-state index contributed by atoms with van der Waals surface area (Å²) in [6, 6.07) is 8.28. The van der Waals surface area contributed by atoms with E-state index in [0.717, 1.165) is 49.5 Å². The second-order valence-corrected chi connectivity index (χ2v) is 9.76. The fraction of sp³-hybridized carbons (Fsp3) is 0.600. The Labute approximate surface area is 182 Å². The van der Waals surface area contributed by atoms with E-state index in [4.69, 9.17) is 14.6 Å². The summed E-state index contributed by atoms with van der Waals surface area (Å²) in [4.78, 5) is 2.34. The molecule has 0 bridgehead atoms. The lowest BCUT2D eigenvalue weighted by molar-refractivity contribution is -0.0394. The fourth-order valence-electron chi connectivity index (χ4n) is 3.62. The van der Waals surface area contributed by atoms with Crippen LogP contribution < -0.4 is 4.74 Å². The van der Waals surface area contributed by atoms with Gasteiger partial charge in [0.05, 0.1) is 11.8 Å². The van der Waals surface area contributed by atoms with Crippen molar-refractivity contribution in [3.05, 3.63) is 42.4 Å². The molecule has 0 aliphatic carbocycles. The first-order valence-electron chi connectivity index (χ1n) is 11.2. The molecule has 1 unspecified atom stereocenters. The molecule has 5 heteroatoms. The van der Waals surface area contributed by atoms with Crippen LogP contribution in [0.2, 0.25) is 0 Å². The van der Waals surface area contributed by atoms with Gasteiger partial charge in [-0.3, -0.25) is 0 Å². The minimum atomic E-state index is 0.0428. The third-order valence-electron chi connectivity index (χ3n) is 5.21. The Bertz CT molecular complexity index is 784. The van der Waals surface area contributed by atoms with Crippen molar-refractivity contribution in [3.63, 3.8) is 0 Å². The molecule has 0 amide bonds. The number of hydrogen-bond acceptors (Lipinski definition) is 4. The monoisotopic (exact) mass is 412 g/mol. The van der Waals surface area contributed by atoms with E-state index in [-0.39, 0.29) is 17.7 Å². The third-order valence-corrected chi connectivity index (χ3v) is 5.21. The van der Waals surface area contributed by atoms with Crippen molar-refractivity contribution in [1.29, 1.82) is 0 Å². The lowest BCUT2D eigenvalue weighted by Gasteiger charge is -2.23. The molecule has 1 aromatic heterocycles. The second kappa shape index (κ2) is 9.97. The maximum absolute atomic E-state index is 5.99. The molecule has 30 heavy (non-hydrogen) atoms. The van der Waals surface area contributed by atoms with Gasteiger partial charge in [0.25, 0.3) is 0 Å². The normalized spacial score (nSPS) is 17.7. The molecular formula is C25H38N3O2. The molecule has 2 heterocycles. The average molecular weight is 413 g/mol. The van der Waals surface area contributed by atoms with E-state index in [2.05, 4.69) is 57.5 Å². The minimum absolute atomic E-state index is 0.0428. The molecule has 165 valence electrons. The lowest BCUT2D eigenvalue weighted by Crippen LogP contribution is -2.24. The van der Waals surface area contributed by atoms with Crippen LogP contribution in [-0.2, 0) is 11.3 Å². The first kappa shape index (κ1) is 22.8. The summed E-state index contributed by atoms with van der Waals surface area (Å²) in [6.07, 6.45) is 8.10. The lowest BCUT2D eigenvalue weighted by atomic mass is 9.92. The summed E-state index contributed by atoms with van der Waals surface area (Å²) in [6.45, 7) is 13.4. The number of aromatic nitrogens is 2. The molecule has 1 fully saturated rings. The van der Waals surface area contributed by atoms with Crippen LogP contribution in [-0.4, -0.2) is 41.0 Å². The van der Waals surface area contributed by atoms with E-state index >= 15 is 0 Å². The maximum Gasteiger partial charge on any atom is 0.150 e. The molecule has 1 radical (unpaired) electrons. The Morgan fingerprint density at radius 2 is 1.97 bits per heavy atom. The molecule has 1 atom stereocenters. The molecule has 1 aliphatic rings. The summed E-state index contributed by atoms with van der Waals surface area (Å²) in [5, 5.41) is 4.97. The van der Waals surface area contributed by atoms with E-state index in [9.17, 15) is 0 Å². The van der Waals surface area contributed by atoms with Gasteiger partial charge in [0, 0.05) is 37.0 Å². The maximum atomic E-state index is 5.99. The molecule has 0 N–H and O–H groups in total. The van der Waals surface area contributed by atoms with Crippen molar-refractivity contribution in [3.8, 4) is 17.0 Å². The Kier molecular flexibility index (Phi) is 7.59. The van der Waals surface area contributed by atoms with Crippen molar-refractivity contribution in [2.24, 2.45) is 5.41 Å². The highest BCUT2D eigenvalue weighted by Gasteiger charge is 2.21. The summed E-state index contributed by atoms with van der Waals surface area (Å²) in [7, 11) is 2.17. The number of nitrogens with zero attached hydrogens (tertiary/aromatic N) is 3. The summed E-state index contributed by atoms with van der Waals surface area (Å²) in [5.41, 5.74) is 3.59. The highest BCUT2D eigenvalue weighted by Crippen LogP contribution is 2.30. The fourth-order valence-corrected chi connectivity index (χ4v) is 3.62. The SMILES string of the molecule is CC(C)Oc1ccc(-c2nn(C3CCCCO3)cc2CN(C)C[CH]C(C)(C)C)cc1. The molecule has 5 nitrogen and oxygen atoms in total. The zero-order valence-corrected chi connectivity index (χ0v) is 19.5. The molecule has 1 aliphatic heterocycles. The predicted molar refractivity (Wildman–Crippen MR) is 122 cm³/mol. The molecule has 2 aromatic rings. The van der Waals surface area contributed by atoms with Crippen LogP contribution in [0, 0.1) is 11.8 Å². The van der Waals surface area contributed by atoms with Crippen molar-refractivity contribution >= 4 is 0 Å². The zero-order chi connectivity index (χ0) is 21.7. The van der Waals surface area contributed by atoms with E-state index in [1.807, 2.05) is 30.7 Å². The van der Waals surface area contributed by atoms with Crippen LogP contribution in [0.4, 0.5) is 0 Å². The van der Waals surface area contributed by atoms with Crippen LogP contribution >= 0.6 is 0 Å². The molecule has 0 spiro atoms. The molecular weight excluding hydrogens is 374 g/mol. The largest absolute Gasteiger partial charge is 0.491 e. The second-order valence-electron chi connectivity index (χ2n) is 9.76. The van der Waals surface area contributed by atoms with Crippen LogP contribution in [0.1, 0.15) is 65.7 Å². The van der Waals surface area contributed by atoms with Crippen molar-refractivity contribution in [1.82, 2.24) is 14.7 Å². The van der Waals surface area contributed by atoms with Crippen molar-refractivity contribution in [2.75, 3.05) is 20.2 Å². The minimum Gasteiger partial charge on any atom is -0.491 e. The van der Waals surface area contributed by atoms with Gasteiger partial charge >= 0.3 is 0 Å². The highest BCUT2D eigenvalue weighted by atomic mass is 16.5. The van der Waals surface area contributed by atoms with Gasteiger partial charge in [-0.05, 0) is 76.3 Å². The van der Waals surface area contributed by atoms with E-state index < -0.39 is 0 Å². The van der Waals surface area contributed by atoms with Gasteiger partial charge in [-0.25, -0.2) is 4.68 Å². The standard InChI is InChI=1S/C25H38N3O2/c1-19(2)30-22-12-10-20(11-13-22)24-21(17-27(6)15-14-25(3,4)5)18-28(26-24)23-9-7-8-16-29-23/h10-14,18-19,23H,7-9,15-17H2,1-6H3. The molecule has 1 aromatic carbocycles. The van der Waals surface area contributed by atoms with Gasteiger partial charge in [0.2, 0.25) is 0 Å². The summed E-state index contributed by atoms with van der Waals surface area (Å²) in [5.74, 6) is 0.891. The van der Waals surface area contributed by atoms with E-state index in [0.29, 0.717) is 0 Å². The quantitative estimate of drug-likeness (QED) is 0.556. The smallest absolute Gasteiger partial charge is 0.150 e. The average Bonchev–Trinajstić information content (AvgIpc) is 3.10.